The Morgan fingerprint density at radius 1 is 1.07 bits per heavy atom. The molecule has 1 aliphatic heterocycles. The van der Waals surface area contributed by atoms with Gasteiger partial charge in [-0.25, -0.2) is 0 Å². The van der Waals surface area contributed by atoms with Crippen LogP contribution in [0.25, 0.3) is 0 Å². The molecule has 2 aromatic rings. The lowest BCUT2D eigenvalue weighted by Crippen LogP contribution is -2.50. The first-order chi connectivity index (χ1) is 14.2. The number of piperazine rings is 1. The van der Waals surface area contributed by atoms with Gasteiger partial charge >= 0.3 is 10.2 Å². The second-order valence-electron chi connectivity index (χ2n) is 7.11. The van der Waals surface area contributed by atoms with Gasteiger partial charge in [0.15, 0.2) is 6.61 Å². The van der Waals surface area contributed by atoms with Crippen LogP contribution in [0, 0.1) is 6.92 Å². The highest BCUT2D eigenvalue weighted by molar-refractivity contribution is 7.86. The first-order valence-electron chi connectivity index (χ1n) is 9.58. The van der Waals surface area contributed by atoms with Gasteiger partial charge in [-0.1, -0.05) is 6.07 Å². The monoisotopic (exact) mass is 437 g/mol. The summed E-state index contributed by atoms with van der Waals surface area (Å²) in [5.41, 5.74) is 0.731. The number of pyridine rings is 1. The Labute approximate surface area is 174 Å². The number of ether oxygens (including phenoxy) is 1. The Kier molecular flexibility index (Phi) is 6.88. The summed E-state index contributed by atoms with van der Waals surface area (Å²) >= 11 is 0. The number of benzene rings is 1. The van der Waals surface area contributed by atoms with Gasteiger partial charge in [0.05, 0.1) is 4.90 Å². The van der Waals surface area contributed by atoms with Crippen LogP contribution in [0.5, 0.6) is 5.75 Å². The smallest absolute Gasteiger partial charge is 0.332 e. The summed E-state index contributed by atoms with van der Waals surface area (Å²) in [6.07, 6.45) is 1.78. The number of hydrogen-bond donors (Lipinski definition) is 0. The van der Waals surface area contributed by atoms with Gasteiger partial charge in [0, 0.05) is 51.0 Å². The molecule has 1 aromatic heterocycles. The maximum Gasteiger partial charge on any atom is 0.332 e. The zero-order valence-electron chi connectivity index (χ0n) is 16.7. The van der Waals surface area contributed by atoms with Crippen LogP contribution in [0.2, 0.25) is 0 Å². The van der Waals surface area contributed by atoms with E-state index in [1.165, 1.54) is 12.1 Å². The molecule has 1 saturated heterocycles. The molecule has 0 atom stereocenters. The van der Waals surface area contributed by atoms with Crippen LogP contribution < -0.4 is 10.3 Å². The lowest BCUT2D eigenvalue weighted by Gasteiger charge is -2.34. The van der Waals surface area contributed by atoms with Gasteiger partial charge < -0.3 is 14.2 Å². The molecule has 0 radical (unpaired) electrons. The summed E-state index contributed by atoms with van der Waals surface area (Å²) in [5.74, 6) is 0.115. The molecule has 0 unspecified atom stereocenters. The Morgan fingerprint density at radius 2 is 1.73 bits per heavy atom. The average Bonchev–Trinajstić information content (AvgIpc) is 2.73. The van der Waals surface area contributed by atoms with Crippen LogP contribution in [0.1, 0.15) is 5.56 Å². The van der Waals surface area contributed by atoms with E-state index in [0.717, 1.165) is 18.7 Å². The molecule has 1 fully saturated rings. The van der Waals surface area contributed by atoms with E-state index >= 15 is 0 Å². The predicted octanol–water partition coefficient (Wildman–Crippen LogP) is 1.04. The summed E-state index contributed by atoms with van der Waals surface area (Å²) in [4.78, 5) is 27.9. The molecule has 0 N–H and O–H groups in total. The van der Waals surface area contributed by atoms with E-state index in [-0.39, 0.29) is 23.8 Å². The number of halogens is 1. The normalized spacial score (nSPS) is 15.2. The van der Waals surface area contributed by atoms with Crippen LogP contribution >= 0.6 is 0 Å². The van der Waals surface area contributed by atoms with E-state index < -0.39 is 15.1 Å². The third-order valence-corrected chi connectivity index (χ3v) is 5.90. The third kappa shape index (κ3) is 5.67. The van der Waals surface area contributed by atoms with E-state index in [9.17, 15) is 21.9 Å². The quantitative estimate of drug-likeness (QED) is 0.602. The van der Waals surface area contributed by atoms with Crippen molar-refractivity contribution in [3.63, 3.8) is 0 Å². The van der Waals surface area contributed by atoms with Gasteiger partial charge in [0.25, 0.3) is 11.5 Å². The molecule has 10 heteroatoms. The van der Waals surface area contributed by atoms with E-state index in [0.29, 0.717) is 38.3 Å². The number of aromatic nitrogens is 1. The molecule has 0 spiro atoms. The van der Waals surface area contributed by atoms with Crippen LogP contribution in [0.4, 0.5) is 3.89 Å². The number of rotatable bonds is 7. The molecule has 30 heavy (non-hydrogen) atoms. The van der Waals surface area contributed by atoms with Crippen LogP contribution in [-0.4, -0.2) is 68.0 Å². The predicted molar refractivity (Wildman–Crippen MR) is 109 cm³/mol. The molecule has 0 aliphatic carbocycles. The molecule has 2 heterocycles. The molecule has 0 saturated carbocycles. The summed E-state index contributed by atoms with van der Waals surface area (Å²) in [5, 5.41) is 0. The van der Waals surface area contributed by atoms with Crippen molar-refractivity contribution < 1.29 is 21.8 Å². The molecular formula is C20H24FN3O5S. The summed E-state index contributed by atoms with van der Waals surface area (Å²) in [7, 11) is -4.75. The van der Waals surface area contributed by atoms with Gasteiger partial charge in [0.1, 0.15) is 5.75 Å². The second-order valence-corrected chi connectivity index (χ2v) is 8.46. The number of amides is 1. The Morgan fingerprint density at radius 3 is 2.37 bits per heavy atom. The Balaban J connectivity index is 1.43. The number of aryl methyl sites for hydroxylation is 1. The van der Waals surface area contributed by atoms with Crippen LogP contribution in [0.3, 0.4) is 0 Å². The van der Waals surface area contributed by atoms with Crippen LogP contribution in [-0.2, 0) is 21.6 Å². The molecule has 162 valence electrons. The van der Waals surface area contributed by atoms with E-state index in [4.69, 9.17) is 4.74 Å². The van der Waals surface area contributed by atoms with Crippen molar-refractivity contribution in [1.29, 1.82) is 0 Å². The minimum absolute atomic E-state index is 0.0145. The van der Waals surface area contributed by atoms with Crippen molar-refractivity contribution in [2.45, 2.75) is 18.4 Å². The van der Waals surface area contributed by atoms with Crippen molar-refractivity contribution in [2.24, 2.45) is 0 Å². The van der Waals surface area contributed by atoms with E-state index in [1.807, 2.05) is 6.07 Å². The average molecular weight is 437 g/mol. The molecule has 0 bridgehead atoms. The first-order valence-corrected chi connectivity index (χ1v) is 11.0. The van der Waals surface area contributed by atoms with Gasteiger partial charge in [-0.3, -0.25) is 14.5 Å². The van der Waals surface area contributed by atoms with Gasteiger partial charge in [-0.2, -0.15) is 8.42 Å². The van der Waals surface area contributed by atoms with E-state index in [2.05, 4.69) is 4.90 Å². The number of carbonyl (C=O) groups excluding carboxylic acids is 1. The standard InChI is InChI=1S/C20H24FN3O5S/c1-16-3-2-8-24(20(16)26)14-11-22-9-12-23(13-10-22)19(25)15-29-17-4-6-18(7-5-17)30(21,27)28/h2-8H,9-15H2,1H3. The fourth-order valence-corrected chi connectivity index (χ4v) is 3.70. The zero-order valence-corrected chi connectivity index (χ0v) is 17.5. The molecule has 1 aliphatic rings. The number of nitrogens with zero attached hydrogens (tertiary/aromatic N) is 3. The Bertz CT molecular complexity index is 1040. The SMILES string of the molecule is Cc1cccn(CCN2CCN(C(=O)COc3ccc(S(=O)(=O)F)cc3)CC2)c1=O. The highest BCUT2D eigenvalue weighted by Gasteiger charge is 2.21. The largest absolute Gasteiger partial charge is 0.484 e. The van der Waals surface area contributed by atoms with Crippen molar-refractivity contribution in [3.8, 4) is 5.75 Å². The lowest BCUT2D eigenvalue weighted by atomic mass is 10.3. The summed E-state index contributed by atoms with van der Waals surface area (Å²) < 4.78 is 41.6. The van der Waals surface area contributed by atoms with Gasteiger partial charge in [-0.15, -0.1) is 3.89 Å². The van der Waals surface area contributed by atoms with Crippen LogP contribution in [0.15, 0.2) is 52.3 Å². The molecule has 3 rings (SSSR count). The number of carbonyl (C=O) groups is 1. The van der Waals surface area contributed by atoms with Crippen molar-refractivity contribution >= 4 is 16.1 Å². The van der Waals surface area contributed by atoms with Crippen molar-refractivity contribution in [1.82, 2.24) is 14.4 Å². The highest BCUT2D eigenvalue weighted by atomic mass is 32.3. The minimum atomic E-state index is -4.75. The lowest BCUT2D eigenvalue weighted by molar-refractivity contribution is -0.135. The van der Waals surface area contributed by atoms with E-state index in [1.54, 1.807) is 28.7 Å². The van der Waals surface area contributed by atoms with Gasteiger partial charge in [0.2, 0.25) is 0 Å². The van der Waals surface area contributed by atoms with Gasteiger partial charge in [-0.05, 0) is 37.3 Å². The molecular weight excluding hydrogens is 413 g/mol. The van der Waals surface area contributed by atoms with Crippen molar-refractivity contribution in [2.75, 3.05) is 39.3 Å². The molecule has 8 nitrogen and oxygen atoms in total. The summed E-state index contributed by atoms with van der Waals surface area (Å²) in [6, 6.07) is 8.46. The zero-order chi connectivity index (χ0) is 21.7. The maximum absolute atomic E-state index is 12.9. The number of hydrogen-bond acceptors (Lipinski definition) is 6. The molecule has 1 aromatic carbocycles. The fraction of sp³-hybridized carbons (Fsp3) is 0.400. The minimum Gasteiger partial charge on any atom is -0.484 e. The highest BCUT2D eigenvalue weighted by Crippen LogP contribution is 2.17. The summed E-state index contributed by atoms with van der Waals surface area (Å²) in [6.45, 7) is 5.47. The molecule has 1 amide bonds. The third-order valence-electron chi connectivity index (χ3n) is 5.06. The maximum atomic E-state index is 12.9. The first kappa shape index (κ1) is 22.0. The Hall–Kier alpha value is -2.72. The second kappa shape index (κ2) is 9.40. The van der Waals surface area contributed by atoms with Crippen molar-refractivity contribution in [3.05, 3.63) is 58.5 Å². The fourth-order valence-electron chi connectivity index (χ4n) is 3.24. The topological polar surface area (TPSA) is 88.9 Å².